The van der Waals surface area contributed by atoms with Crippen LogP contribution in [-0.4, -0.2) is 38.3 Å². The van der Waals surface area contributed by atoms with Crippen LogP contribution in [0.2, 0.25) is 10.0 Å². The Morgan fingerprint density at radius 3 is 3.00 bits per heavy atom. The first kappa shape index (κ1) is 19.0. The Morgan fingerprint density at radius 2 is 2.21 bits per heavy atom. The van der Waals surface area contributed by atoms with Crippen LogP contribution in [0.3, 0.4) is 0 Å². The monoisotopic (exact) mass is 418 g/mol. The summed E-state index contributed by atoms with van der Waals surface area (Å²) in [5.74, 6) is 0.996. The molecule has 4 N–H and O–H groups in total. The molecule has 0 aliphatic carbocycles. The van der Waals surface area contributed by atoms with Crippen molar-refractivity contribution in [3.05, 3.63) is 51.9 Å². The normalized spacial score (nSPS) is 17.3. The molecule has 3 aromatic rings. The smallest absolute Gasteiger partial charge is 0.237 e. The molecule has 1 saturated heterocycles. The highest BCUT2D eigenvalue weighted by Crippen LogP contribution is 2.26. The van der Waals surface area contributed by atoms with Crippen molar-refractivity contribution in [3.8, 4) is 0 Å². The van der Waals surface area contributed by atoms with E-state index in [0.717, 1.165) is 30.5 Å². The number of halogens is 2. The lowest BCUT2D eigenvalue weighted by Gasteiger charge is -2.24. The number of nitrogens with zero attached hydrogens (tertiary/aromatic N) is 3. The van der Waals surface area contributed by atoms with Gasteiger partial charge in [-0.25, -0.2) is 9.97 Å². The molecule has 7 nitrogen and oxygen atoms in total. The van der Waals surface area contributed by atoms with Gasteiger partial charge in [0.05, 0.1) is 18.1 Å². The van der Waals surface area contributed by atoms with Crippen molar-refractivity contribution < 1.29 is 4.79 Å². The van der Waals surface area contributed by atoms with Crippen molar-refractivity contribution in [2.45, 2.75) is 32.0 Å². The lowest BCUT2D eigenvalue weighted by Crippen LogP contribution is -2.42. The predicted molar refractivity (Wildman–Crippen MR) is 110 cm³/mol. The molecule has 1 aliphatic rings. The summed E-state index contributed by atoms with van der Waals surface area (Å²) in [5, 5.41) is 4.19. The number of benzene rings is 1. The van der Waals surface area contributed by atoms with Gasteiger partial charge in [0.1, 0.15) is 11.3 Å². The van der Waals surface area contributed by atoms with Crippen LogP contribution in [0.1, 0.15) is 24.2 Å². The van der Waals surface area contributed by atoms with Crippen LogP contribution in [-0.2, 0) is 17.9 Å². The second kappa shape index (κ2) is 7.95. The number of rotatable bonds is 5. The van der Waals surface area contributed by atoms with Gasteiger partial charge in [0.2, 0.25) is 5.91 Å². The first-order valence-electron chi connectivity index (χ1n) is 9.06. The fourth-order valence-corrected chi connectivity index (χ4v) is 4.03. The van der Waals surface area contributed by atoms with Crippen LogP contribution in [0.5, 0.6) is 0 Å². The summed E-state index contributed by atoms with van der Waals surface area (Å²) in [4.78, 5) is 26.5. The molecule has 0 unspecified atom stereocenters. The van der Waals surface area contributed by atoms with E-state index in [1.165, 1.54) is 0 Å². The van der Waals surface area contributed by atoms with E-state index < -0.39 is 0 Å². The Bertz CT molecular complexity index is 1020. The lowest BCUT2D eigenvalue weighted by molar-refractivity contribution is -0.125. The highest BCUT2D eigenvalue weighted by Gasteiger charge is 2.31. The van der Waals surface area contributed by atoms with E-state index >= 15 is 0 Å². The SMILES string of the molecule is Nc1nccc2[nH]c(CNC(=O)[C@@H]3CCCN3Cc3ccc(Cl)cc3Cl)nc12. The molecule has 0 saturated carbocycles. The minimum absolute atomic E-state index is 0.0193. The molecule has 0 bridgehead atoms. The number of imidazole rings is 1. The highest BCUT2D eigenvalue weighted by atomic mass is 35.5. The van der Waals surface area contributed by atoms with Gasteiger partial charge in [-0.15, -0.1) is 0 Å². The minimum Gasteiger partial charge on any atom is -0.382 e. The summed E-state index contributed by atoms with van der Waals surface area (Å²) in [7, 11) is 0. The third-order valence-electron chi connectivity index (χ3n) is 4.96. The van der Waals surface area contributed by atoms with Gasteiger partial charge in [-0.3, -0.25) is 9.69 Å². The van der Waals surface area contributed by atoms with Gasteiger partial charge in [0, 0.05) is 22.8 Å². The van der Waals surface area contributed by atoms with Crippen LogP contribution < -0.4 is 11.1 Å². The van der Waals surface area contributed by atoms with Crippen molar-refractivity contribution in [3.63, 3.8) is 0 Å². The number of hydrogen-bond acceptors (Lipinski definition) is 5. The molecule has 146 valence electrons. The summed E-state index contributed by atoms with van der Waals surface area (Å²) in [6.45, 7) is 1.77. The summed E-state index contributed by atoms with van der Waals surface area (Å²) in [6, 6.07) is 7.06. The van der Waals surface area contributed by atoms with Gasteiger partial charge < -0.3 is 16.0 Å². The number of H-pyrrole nitrogens is 1. The average molecular weight is 419 g/mol. The van der Waals surface area contributed by atoms with E-state index in [-0.39, 0.29) is 11.9 Å². The molecule has 1 amide bonds. The molecule has 0 radical (unpaired) electrons. The van der Waals surface area contributed by atoms with Crippen molar-refractivity contribution in [1.29, 1.82) is 0 Å². The molecule has 2 aromatic heterocycles. The second-order valence-corrected chi connectivity index (χ2v) is 7.70. The van der Waals surface area contributed by atoms with Crippen molar-refractivity contribution in [2.75, 3.05) is 12.3 Å². The van der Waals surface area contributed by atoms with E-state index in [0.29, 0.717) is 40.3 Å². The van der Waals surface area contributed by atoms with Gasteiger partial charge in [0.15, 0.2) is 5.82 Å². The van der Waals surface area contributed by atoms with E-state index in [4.69, 9.17) is 28.9 Å². The summed E-state index contributed by atoms with van der Waals surface area (Å²) >= 11 is 12.3. The van der Waals surface area contributed by atoms with Gasteiger partial charge in [-0.1, -0.05) is 29.3 Å². The zero-order chi connectivity index (χ0) is 19.7. The number of nitrogen functional groups attached to an aromatic ring is 1. The van der Waals surface area contributed by atoms with E-state index in [9.17, 15) is 4.79 Å². The number of hydrogen-bond donors (Lipinski definition) is 3. The number of pyridine rings is 1. The Labute approximate surface area is 172 Å². The number of anilines is 1. The fourth-order valence-electron chi connectivity index (χ4n) is 3.56. The summed E-state index contributed by atoms with van der Waals surface area (Å²) in [6.07, 6.45) is 3.40. The average Bonchev–Trinajstić information content (AvgIpc) is 3.29. The number of aromatic nitrogens is 3. The number of nitrogens with two attached hydrogens (primary N) is 1. The fraction of sp³-hybridized carbons (Fsp3) is 0.316. The van der Waals surface area contributed by atoms with Crippen LogP contribution in [0.25, 0.3) is 11.0 Å². The molecule has 1 aromatic carbocycles. The lowest BCUT2D eigenvalue weighted by atomic mass is 10.1. The zero-order valence-electron chi connectivity index (χ0n) is 15.1. The molecular formula is C19H20Cl2N6O. The molecule has 9 heteroatoms. The number of aromatic amines is 1. The number of carbonyl (C=O) groups excluding carboxylic acids is 1. The third kappa shape index (κ3) is 3.92. The molecule has 1 atom stereocenters. The van der Waals surface area contributed by atoms with Gasteiger partial charge in [0.25, 0.3) is 0 Å². The summed E-state index contributed by atoms with van der Waals surface area (Å²) in [5.41, 5.74) is 8.21. The Balaban J connectivity index is 1.41. The highest BCUT2D eigenvalue weighted by molar-refractivity contribution is 6.35. The Morgan fingerprint density at radius 1 is 1.36 bits per heavy atom. The third-order valence-corrected chi connectivity index (χ3v) is 5.55. The van der Waals surface area contributed by atoms with E-state index in [1.807, 2.05) is 12.1 Å². The number of amides is 1. The number of nitrogens with one attached hydrogen (secondary N) is 2. The molecule has 28 heavy (non-hydrogen) atoms. The van der Waals surface area contributed by atoms with Crippen LogP contribution in [0, 0.1) is 0 Å². The number of carbonyl (C=O) groups is 1. The topological polar surface area (TPSA) is 99.9 Å². The molecule has 1 aliphatic heterocycles. The number of likely N-dealkylation sites (tertiary alicyclic amines) is 1. The van der Waals surface area contributed by atoms with Crippen LogP contribution >= 0.6 is 23.2 Å². The Hall–Kier alpha value is -2.35. The maximum absolute atomic E-state index is 12.8. The minimum atomic E-state index is -0.192. The summed E-state index contributed by atoms with van der Waals surface area (Å²) < 4.78 is 0. The van der Waals surface area contributed by atoms with Crippen LogP contribution in [0.15, 0.2) is 30.5 Å². The van der Waals surface area contributed by atoms with E-state index in [1.54, 1.807) is 18.3 Å². The standard InChI is InChI=1S/C19H20Cl2N6O/c20-12-4-3-11(13(21)8-12)10-27-7-1-2-15(27)19(28)24-9-16-25-14-5-6-23-18(22)17(14)26-16/h3-6,8,15H,1-2,7,9-10H2,(H2,22,23)(H,24,28)(H,25,26)/t15-/m0/s1. The van der Waals surface area contributed by atoms with Crippen LogP contribution in [0.4, 0.5) is 5.82 Å². The maximum Gasteiger partial charge on any atom is 0.237 e. The molecule has 4 rings (SSSR count). The largest absolute Gasteiger partial charge is 0.382 e. The number of fused-ring (bicyclic) bond motifs is 1. The quantitative estimate of drug-likeness (QED) is 0.590. The molecule has 3 heterocycles. The molecule has 0 spiro atoms. The second-order valence-electron chi connectivity index (χ2n) is 6.86. The van der Waals surface area contributed by atoms with Crippen molar-refractivity contribution in [1.82, 2.24) is 25.2 Å². The molecular weight excluding hydrogens is 399 g/mol. The van der Waals surface area contributed by atoms with Crippen molar-refractivity contribution >= 4 is 46.0 Å². The first-order chi connectivity index (χ1) is 13.5. The predicted octanol–water partition coefficient (Wildman–Crippen LogP) is 3.13. The maximum atomic E-state index is 12.8. The Kier molecular flexibility index (Phi) is 5.39. The van der Waals surface area contributed by atoms with Gasteiger partial charge in [-0.05, 0) is 43.1 Å². The van der Waals surface area contributed by atoms with E-state index in [2.05, 4.69) is 25.2 Å². The van der Waals surface area contributed by atoms with Gasteiger partial charge in [-0.2, -0.15) is 0 Å². The van der Waals surface area contributed by atoms with Crippen molar-refractivity contribution in [2.24, 2.45) is 0 Å². The zero-order valence-corrected chi connectivity index (χ0v) is 16.6. The molecule has 1 fully saturated rings. The first-order valence-corrected chi connectivity index (χ1v) is 9.81. The van der Waals surface area contributed by atoms with Gasteiger partial charge >= 0.3 is 0 Å².